The molecule has 4 rings (SSSR count). The third kappa shape index (κ3) is 7.91. The van der Waals surface area contributed by atoms with Gasteiger partial charge in [0.05, 0.1) is 27.4 Å². The minimum absolute atomic E-state index is 0.0461. The smallest absolute Gasteiger partial charge is 0.251 e. The second-order valence-corrected chi connectivity index (χ2v) is 11.5. The quantitative estimate of drug-likeness (QED) is 0.384. The van der Waals surface area contributed by atoms with Gasteiger partial charge in [0, 0.05) is 36.7 Å². The molecule has 2 aromatic carbocycles. The van der Waals surface area contributed by atoms with Gasteiger partial charge < -0.3 is 29.7 Å². The highest BCUT2D eigenvalue weighted by atomic mass is 19.1. The van der Waals surface area contributed by atoms with Gasteiger partial charge in [0.2, 0.25) is 11.7 Å². The molecule has 41 heavy (non-hydrogen) atoms. The third-order valence-electron chi connectivity index (χ3n) is 8.58. The molecule has 1 aliphatic carbocycles. The van der Waals surface area contributed by atoms with E-state index in [2.05, 4.69) is 22.5 Å². The van der Waals surface area contributed by atoms with Crippen molar-refractivity contribution in [3.63, 3.8) is 0 Å². The van der Waals surface area contributed by atoms with Gasteiger partial charge in [-0.2, -0.15) is 0 Å². The molecule has 9 heteroatoms. The zero-order valence-electron chi connectivity index (χ0n) is 24.8. The minimum atomic E-state index is -0.370. The lowest BCUT2D eigenvalue weighted by Gasteiger charge is -2.40. The van der Waals surface area contributed by atoms with Gasteiger partial charge >= 0.3 is 0 Å². The summed E-state index contributed by atoms with van der Waals surface area (Å²) in [6, 6.07) is 9.62. The first-order valence-corrected chi connectivity index (χ1v) is 14.7. The van der Waals surface area contributed by atoms with Gasteiger partial charge in [-0.15, -0.1) is 0 Å². The number of nitrogens with one attached hydrogen (secondary N) is 2. The highest BCUT2D eigenvalue weighted by Gasteiger charge is 2.33. The van der Waals surface area contributed by atoms with Crippen LogP contribution in [0.2, 0.25) is 0 Å². The van der Waals surface area contributed by atoms with Crippen LogP contribution in [0.3, 0.4) is 0 Å². The van der Waals surface area contributed by atoms with Crippen LogP contribution < -0.4 is 24.8 Å². The zero-order chi connectivity index (χ0) is 29.4. The van der Waals surface area contributed by atoms with Crippen molar-refractivity contribution in [2.24, 2.45) is 5.92 Å². The summed E-state index contributed by atoms with van der Waals surface area (Å²) in [7, 11) is 4.58. The van der Waals surface area contributed by atoms with Crippen LogP contribution in [-0.4, -0.2) is 63.2 Å². The Balaban J connectivity index is 1.35. The fourth-order valence-electron chi connectivity index (χ4n) is 5.97. The van der Waals surface area contributed by atoms with Crippen LogP contribution in [0.5, 0.6) is 17.2 Å². The predicted octanol–water partition coefficient (Wildman–Crippen LogP) is 5.26. The fraction of sp³-hybridized carbons (Fsp3) is 0.562. The first-order chi connectivity index (χ1) is 19.7. The number of amides is 2. The molecule has 2 aromatic rings. The summed E-state index contributed by atoms with van der Waals surface area (Å²) in [5, 5.41) is 6.45. The van der Waals surface area contributed by atoms with Crippen LogP contribution in [-0.2, 0) is 4.79 Å². The number of piperidine rings is 1. The lowest BCUT2D eigenvalue weighted by molar-refractivity contribution is -0.126. The molecule has 0 unspecified atom stereocenters. The number of likely N-dealkylation sites (tertiary alicyclic amines) is 1. The molecular formula is C32H44FN3O5. The normalized spacial score (nSPS) is 18.3. The summed E-state index contributed by atoms with van der Waals surface area (Å²) in [5.41, 5.74) is 0.869. The van der Waals surface area contributed by atoms with E-state index in [4.69, 9.17) is 14.2 Å². The number of benzene rings is 2. The number of hydrogen-bond donors (Lipinski definition) is 2. The molecule has 1 saturated heterocycles. The summed E-state index contributed by atoms with van der Waals surface area (Å²) in [6.45, 7) is 4.44. The van der Waals surface area contributed by atoms with Gasteiger partial charge in [0.15, 0.2) is 11.5 Å². The molecule has 2 amide bonds. The Morgan fingerprint density at radius 1 is 1.00 bits per heavy atom. The van der Waals surface area contributed by atoms with Crippen molar-refractivity contribution in [2.45, 2.75) is 69.9 Å². The number of nitrogens with zero attached hydrogens (tertiary/aromatic N) is 1. The van der Waals surface area contributed by atoms with Gasteiger partial charge in [-0.3, -0.25) is 9.59 Å². The molecule has 2 fully saturated rings. The van der Waals surface area contributed by atoms with E-state index in [0.29, 0.717) is 29.2 Å². The highest BCUT2D eigenvalue weighted by molar-refractivity contribution is 5.96. The number of rotatable bonds is 11. The van der Waals surface area contributed by atoms with Crippen LogP contribution in [0.4, 0.5) is 4.39 Å². The van der Waals surface area contributed by atoms with Crippen LogP contribution in [0, 0.1) is 11.7 Å². The highest BCUT2D eigenvalue weighted by Crippen LogP contribution is 2.38. The van der Waals surface area contributed by atoms with E-state index in [0.717, 1.165) is 63.7 Å². The van der Waals surface area contributed by atoms with E-state index in [1.54, 1.807) is 18.2 Å². The largest absolute Gasteiger partial charge is 0.493 e. The van der Waals surface area contributed by atoms with Crippen molar-refractivity contribution in [3.05, 3.63) is 53.3 Å². The van der Waals surface area contributed by atoms with Gasteiger partial charge in [0.1, 0.15) is 5.82 Å². The Hall–Kier alpha value is -3.33. The maximum absolute atomic E-state index is 14.1. The lowest BCUT2D eigenvalue weighted by atomic mass is 9.88. The van der Waals surface area contributed by atoms with Crippen molar-refractivity contribution in [3.8, 4) is 17.2 Å². The Bertz CT molecular complexity index is 1170. The van der Waals surface area contributed by atoms with E-state index in [9.17, 15) is 14.0 Å². The summed E-state index contributed by atoms with van der Waals surface area (Å²) in [6.07, 6.45) is 7.47. The Morgan fingerprint density at radius 3 is 2.24 bits per heavy atom. The molecule has 1 heterocycles. The average molecular weight is 570 g/mol. The van der Waals surface area contributed by atoms with Crippen molar-refractivity contribution in [1.29, 1.82) is 0 Å². The second kappa shape index (κ2) is 14.0. The SMILES string of the molecule is COc1cc(C(=O)NC2(C)CCN(CC[C@H](NC(=O)C3CCCCC3)c3cccc(F)c3)CC2)cc(OC)c1OC. The van der Waals surface area contributed by atoms with E-state index >= 15 is 0 Å². The molecule has 0 bridgehead atoms. The molecule has 2 N–H and O–H groups in total. The first-order valence-electron chi connectivity index (χ1n) is 14.7. The topological polar surface area (TPSA) is 89.1 Å². The van der Waals surface area contributed by atoms with Crippen molar-refractivity contribution >= 4 is 11.8 Å². The maximum Gasteiger partial charge on any atom is 0.251 e. The zero-order valence-corrected chi connectivity index (χ0v) is 24.8. The van der Waals surface area contributed by atoms with Gasteiger partial charge in [-0.25, -0.2) is 4.39 Å². The molecule has 1 aliphatic heterocycles. The molecule has 2 aliphatic rings. The molecule has 1 saturated carbocycles. The molecule has 1 atom stereocenters. The molecule has 8 nitrogen and oxygen atoms in total. The number of methoxy groups -OCH3 is 3. The van der Waals surface area contributed by atoms with E-state index in [1.807, 2.05) is 6.07 Å². The van der Waals surface area contributed by atoms with Gasteiger partial charge in [-0.1, -0.05) is 31.4 Å². The molecular weight excluding hydrogens is 525 g/mol. The maximum atomic E-state index is 14.1. The predicted molar refractivity (Wildman–Crippen MR) is 156 cm³/mol. The number of carbonyl (C=O) groups is 2. The number of halogens is 1. The standard InChI is InChI=1S/C32H44FN3O5/c1-32(35-31(38)24-20-27(39-2)29(41-4)28(21-24)40-3)14-17-36(18-15-32)16-13-26(23-11-8-12-25(33)19-23)34-30(37)22-9-6-5-7-10-22/h8,11-12,19-22,26H,5-7,9-10,13-18H2,1-4H3,(H,34,37)(H,35,38)/t26-/m0/s1. The summed E-state index contributed by atoms with van der Waals surface area (Å²) in [5.74, 6) is 0.940. The van der Waals surface area contributed by atoms with Crippen molar-refractivity contribution in [2.75, 3.05) is 41.0 Å². The first kappa shape index (κ1) is 30.6. The van der Waals surface area contributed by atoms with Crippen LogP contribution in [0.1, 0.15) is 80.3 Å². The summed E-state index contributed by atoms with van der Waals surface area (Å²) < 4.78 is 30.2. The Labute approximate surface area is 242 Å². The van der Waals surface area contributed by atoms with Crippen LogP contribution in [0.25, 0.3) is 0 Å². The van der Waals surface area contributed by atoms with Crippen molar-refractivity contribution in [1.82, 2.24) is 15.5 Å². The molecule has 0 radical (unpaired) electrons. The molecule has 0 aromatic heterocycles. The number of carbonyl (C=O) groups excluding carboxylic acids is 2. The lowest BCUT2D eigenvalue weighted by Crippen LogP contribution is -2.53. The van der Waals surface area contributed by atoms with E-state index in [1.165, 1.54) is 39.9 Å². The van der Waals surface area contributed by atoms with Crippen molar-refractivity contribution < 1.29 is 28.2 Å². The number of ether oxygens (including phenoxy) is 3. The summed E-state index contributed by atoms with van der Waals surface area (Å²) >= 11 is 0. The number of hydrogen-bond acceptors (Lipinski definition) is 6. The minimum Gasteiger partial charge on any atom is -0.493 e. The second-order valence-electron chi connectivity index (χ2n) is 11.5. The third-order valence-corrected chi connectivity index (χ3v) is 8.58. The van der Waals surface area contributed by atoms with Crippen LogP contribution in [0.15, 0.2) is 36.4 Å². The Kier molecular flexibility index (Phi) is 10.5. The average Bonchev–Trinajstić information content (AvgIpc) is 2.99. The molecule has 224 valence electrons. The molecule has 0 spiro atoms. The van der Waals surface area contributed by atoms with Gasteiger partial charge in [-0.05, 0) is 68.9 Å². The fourth-order valence-corrected chi connectivity index (χ4v) is 5.97. The van der Waals surface area contributed by atoms with Gasteiger partial charge in [0.25, 0.3) is 5.91 Å². The Morgan fingerprint density at radius 2 is 1.66 bits per heavy atom. The van der Waals surface area contributed by atoms with E-state index < -0.39 is 0 Å². The summed E-state index contributed by atoms with van der Waals surface area (Å²) in [4.78, 5) is 28.6. The monoisotopic (exact) mass is 569 g/mol. The van der Waals surface area contributed by atoms with E-state index in [-0.39, 0.29) is 35.1 Å². The van der Waals surface area contributed by atoms with Crippen LogP contribution >= 0.6 is 0 Å².